The predicted molar refractivity (Wildman–Crippen MR) is 129 cm³/mol. The number of aliphatic carboxylic acids is 1. The molecule has 0 spiro atoms. The lowest BCUT2D eigenvalue weighted by Gasteiger charge is -2.10. The van der Waals surface area contributed by atoms with Crippen LogP contribution < -0.4 is 21.3 Å². The van der Waals surface area contributed by atoms with E-state index >= 15 is 0 Å². The molecule has 34 heavy (non-hydrogen) atoms. The molecule has 0 aliphatic rings. The molecule has 0 atom stereocenters. The molecule has 0 aromatic heterocycles. The number of carboxylic acids is 1. The Morgan fingerprint density at radius 1 is 0.794 bits per heavy atom. The second kappa shape index (κ2) is 11.3. The first-order chi connectivity index (χ1) is 16.3. The first kappa shape index (κ1) is 24.0. The number of nitrogens with one attached hydrogen (secondary N) is 4. The van der Waals surface area contributed by atoms with Crippen molar-refractivity contribution in [1.29, 1.82) is 0 Å². The average molecular weight is 460 g/mol. The second-order valence-electron chi connectivity index (χ2n) is 7.47. The molecule has 3 aromatic carbocycles. The lowest BCUT2D eigenvalue weighted by atomic mass is 10.1. The van der Waals surface area contributed by atoms with E-state index in [2.05, 4.69) is 21.3 Å². The number of carboxylic acid groups (broad SMARTS) is 1. The van der Waals surface area contributed by atoms with Gasteiger partial charge in [-0.25, -0.2) is 4.79 Å². The Bertz CT molecular complexity index is 1210. The molecule has 0 aliphatic heterocycles. The highest BCUT2D eigenvalue weighted by atomic mass is 16.4. The van der Waals surface area contributed by atoms with E-state index in [1.165, 1.54) is 12.1 Å². The summed E-state index contributed by atoms with van der Waals surface area (Å²) in [5.74, 6) is -1.99. The van der Waals surface area contributed by atoms with Crippen molar-refractivity contribution < 1.29 is 24.3 Å². The number of hydrogen-bond donors (Lipinski definition) is 5. The summed E-state index contributed by atoms with van der Waals surface area (Å²) in [5, 5.41) is 19.2. The maximum atomic E-state index is 12.4. The first-order valence-electron chi connectivity index (χ1n) is 10.4. The Labute approximate surface area is 196 Å². The van der Waals surface area contributed by atoms with Crippen LogP contribution in [0.1, 0.15) is 21.5 Å². The number of carbonyl (C=O) groups excluding carboxylic acids is 3. The van der Waals surface area contributed by atoms with Crippen LogP contribution in [0.5, 0.6) is 0 Å². The van der Waals surface area contributed by atoms with Gasteiger partial charge in [-0.1, -0.05) is 36.4 Å². The van der Waals surface area contributed by atoms with Crippen LogP contribution in [0, 0.1) is 6.92 Å². The monoisotopic (exact) mass is 460 g/mol. The van der Waals surface area contributed by atoms with E-state index in [9.17, 15) is 19.2 Å². The van der Waals surface area contributed by atoms with Gasteiger partial charge in [-0.2, -0.15) is 0 Å². The molecule has 0 saturated carbocycles. The van der Waals surface area contributed by atoms with Crippen LogP contribution in [0.2, 0.25) is 0 Å². The Morgan fingerprint density at radius 3 is 2.24 bits per heavy atom. The normalized spacial score (nSPS) is 10.1. The van der Waals surface area contributed by atoms with Crippen LogP contribution in [-0.4, -0.2) is 35.5 Å². The molecule has 3 aromatic rings. The van der Waals surface area contributed by atoms with Crippen LogP contribution in [0.3, 0.4) is 0 Å². The van der Waals surface area contributed by atoms with E-state index in [1.807, 2.05) is 31.2 Å². The predicted octanol–water partition coefficient (Wildman–Crippen LogP) is 3.63. The Morgan fingerprint density at radius 2 is 1.53 bits per heavy atom. The smallest absolute Gasteiger partial charge is 0.323 e. The number of anilines is 3. The molecule has 9 heteroatoms. The quantitative estimate of drug-likeness (QED) is 0.350. The van der Waals surface area contributed by atoms with Gasteiger partial charge in [-0.15, -0.1) is 0 Å². The largest absolute Gasteiger partial charge is 0.480 e. The van der Waals surface area contributed by atoms with Crippen LogP contribution in [-0.2, 0) is 16.0 Å². The molecule has 3 rings (SSSR count). The van der Waals surface area contributed by atoms with Crippen molar-refractivity contribution in [3.63, 3.8) is 0 Å². The van der Waals surface area contributed by atoms with Gasteiger partial charge < -0.3 is 26.4 Å². The summed E-state index contributed by atoms with van der Waals surface area (Å²) in [6.45, 7) is 1.41. The van der Waals surface area contributed by atoms with Crippen molar-refractivity contribution in [1.82, 2.24) is 5.32 Å². The molecule has 0 aliphatic carbocycles. The number of para-hydroxylation sites is 1. The molecule has 4 amide bonds. The minimum Gasteiger partial charge on any atom is -0.480 e. The third kappa shape index (κ3) is 7.20. The van der Waals surface area contributed by atoms with Gasteiger partial charge in [0.05, 0.1) is 6.42 Å². The van der Waals surface area contributed by atoms with Crippen molar-refractivity contribution in [3.8, 4) is 0 Å². The third-order valence-corrected chi connectivity index (χ3v) is 4.78. The molecule has 0 bridgehead atoms. The molecular formula is C25H24N4O5. The molecule has 5 N–H and O–H groups in total. The molecule has 174 valence electrons. The SMILES string of the molecule is Cc1ccccc1NC(=O)Nc1ccc(CC(=O)Nc2cccc(C(=O)NCC(=O)O)c2)cc1. The summed E-state index contributed by atoms with van der Waals surface area (Å²) in [6.07, 6.45) is 0.0884. The van der Waals surface area contributed by atoms with Crippen LogP contribution in [0.25, 0.3) is 0 Å². The Hall–Kier alpha value is -4.66. The minimum absolute atomic E-state index is 0.0884. The number of aryl methyl sites for hydroxylation is 1. The summed E-state index contributed by atoms with van der Waals surface area (Å²) in [4.78, 5) is 47.2. The van der Waals surface area contributed by atoms with Crippen LogP contribution in [0.15, 0.2) is 72.8 Å². The van der Waals surface area contributed by atoms with E-state index in [0.29, 0.717) is 11.4 Å². The number of rotatable bonds is 8. The van der Waals surface area contributed by atoms with Crippen molar-refractivity contribution in [3.05, 3.63) is 89.5 Å². The van der Waals surface area contributed by atoms with Gasteiger partial charge in [-0.3, -0.25) is 14.4 Å². The van der Waals surface area contributed by atoms with Crippen molar-refractivity contribution in [2.24, 2.45) is 0 Å². The van der Waals surface area contributed by atoms with Gasteiger partial charge in [0.2, 0.25) is 5.91 Å². The number of benzene rings is 3. The van der Waals surface area contributed by atoms with E-state index in [1.54, 1.807) is 36.4 Å². The van der Waals surface area contributed by atoms with E-state index in [0.717, 1.165) is 16.8 Å². The zero-order valence-electron chi connectivity index (χ0n) is 18.4. The van der Waals surface area contributed by atoms with Gasteiger partial charge >= 0.3 is 12.0 Å². The fraction of sp³-hybridized carbons (Fsp3) is 0.120. The Kier molecular flexibility index (Phi) is 7.96. The summed E-state index contributed by atoms with van der Waals surface area (Å²) >= 11 is 0. The number of amides is 4. The molecule has 9 nitrogen and oxygen atoms in total. The fourth-order valence-electron chi connectivity index (χ4n) is 3.09. The summed E-state index contributed by atoms with van der Waals surface area (Å²) in [7, 11) is 0. The summed E-state index contributed by atoms with van der Waals surface area (Å²) in [6, 6.07) is 20.2. The van der Waals surface area contributed by atoms with Crippen molar-refractivity contribution in [2.75, 3.05) is 22.5 Å². The summed E-state index contributed by atoms with van der Waals surface area (Å²) in [5.41, 5.74) is 3.63. The molecule has 0 radical (unpaired) electrons. The first-order valence-corrected chi connectivity index (χ1v) is 10.4. The number of hydrogen-bond acceptors (Lipinski definition) is 4. The van der Waals surface area contributed by atoms with Gasteiger partial charge in [0.25, 0.3) is 5.91 Å². The van der Waals surface area contributed by atoms with Crippen molar-refractivity contribution >= 4 is 40.9 Å². The second-order valence-corrected chi connectivity index (χ2v) is 7.47. The van der Waals surface area contributed by atoms with Crippen molar-refractivity contribution in [2.45, 2.75) is 13.3 Å². The molecule has 0 heterocycles. The average Bonchev–Trinajstić information content (AvgIpc) is 2.80. The van der Waals surface area contributed by atoms with Crippen LogP contribution >= 0.6 is 0 Å². The summed E-state index contributed by atoms with van der Waals surface area (Å²) < 4.78 is 0. The van der Waals surface area contributed by atoms with E-state index in [4.69, 9.17) is 5.11 Å². The lowest BCUT2D eigenvalue weighted by molar-refractivity contribution is -0.135. The minimum atomic E-state index is -1.15. The zero-order valence-corrected chi connectivity index (χ0v) is 18.4. The third-order valence-electron chi connectivity index (χ3n) is 4.78. The number of carbonyl (C=O) groups is 4. The van der Waals surface area contributed by atoms with E-state index < -0.39 is 18.4 Å². The topological polar surface area (TPSA) is 137 Å². The van der Waals surface area contributed by atoms with E-state index in [-0.39, 0.29) is 23.9 Å². The highest BCUT2D eigenvalue weighted by Crippen LogP contribution is 2.16. The number of urea groups is 1. The highest BCUT2D eigenvalue weighted by molar-refractivity contribution is 6.00. The maximum Gasteiger partial charge on any atom is 0.323 e. The zero-order chi connectivity index (χ0) is 24.5. The lowest BCUT2D eigenvalue weighted by Crippen LogP contribution is -2.29. The van der Waals surface area contributed by atoms with Gasteiger partial charge in [-0.05, 0) is 54.4 Å². The molecule has 0 saturated heterocycles. The molecular weight excluding hydrogens is 436 g/mol. The molecule has 0 unspecified atom stereocenters. The van der Waals surface area contributed by atoms with Gasteiger partial charge in [0, 0.05) is 22.6 Å². The standard InChI is InChI=1S/C25H24N4O5/c1-16-5-2-3-8-21(16)29-25(34)28-19-11-9-17(10-12-19)13-22(30)27-20-7-4-6-18(14-20)24(33)26-15-23(31)32/h2-12,14H,13,15H2,1H3,(H,26,33)(H,27,30)(H,31,32)(H2,28,29,34). The van der Waals surface area contributed by atoms with Gasteiger partial charge in [0.1, 0.15) is 6.54 Å². The highest BCUT2D eigenvalue weighted by Gasteiger charge is 2.10. The van der Waals surface area contributed by atoms with Crippen LogP contribution in [0.4, 0.5) is 21.9 Å². The Balaban J connectivity index is 1.52. The maximum absolute atomic E-state index is 12.4. The van der Waals surface area contributed by atoms with Gasteiger partial charge in [0.15, 0.2) is 0 Å². The molecule has 0 fully saturated rings. The fourth-order valence-corrected chi connectivity index (χ4v) is 3.09.